The maximum absolute atomic E-state index is 10.9. The number of allylic oxidation sites excluding steroid dienone is 2. The molecule has 0 aromatic rings. The molecule has 1 unspecified atom stereocenters. The Balaban J connectivity index is 1.57. The molecule has 0 amide bonds. The van der Waals surface area contributed by atoms with Crippen LogP contribution in [0.15, 0.2) is 11.6 Å². The van der Waals surface area contributed by atoms with Gasteiger partial charge in [0.05, 0.1) is 12.7 Å². The smallest absolute Gasteiger partial charge is 0.0618 e. The zero-order chi connectivity index (χ0) is 23.4. The Labute approximate surface area is 197 Å². The first-order valence-electron chi connectivity index (χ1n) is 13.8. The van der Waals surface area contributed by atoms with Crippen molar-refractivity contribution in [1.82, 2.24) is 0 Å². The van der Waals surface area contributed by atoms with Gasteiger partial charge in [-0.25, -0.2) is 0 Å². The molecular formula is C30H50O2. The van der Waals surface area contributed by atoms with Gasteiger partial charge in [-0.15, -0.1) is 0 Å². The SMILES string of the molecule is CC1(C)CC[C@]2(C)CC[C@]3(C)C(=CCC4[C@@]5(C)CC[C@H](O)[C@](C)(CO)[C@@H]5CC[C@]43C)[C@@H]2C1. The van der Waals surface area contributed by atoms with E-state index in [4.69, 9.17) is 0 Å². The molecule has 4 saturated carbocycles. The second-order valence-corrected chi connectivity index (χ2v) is 15.1. The van der Waals surface area contributed by atoms with Crippen molar-refractivity contribution in [2.45, 2.75) is 119 Å². The van der Waals surface area contributed by atoms with Gasteiger partial charge in [0.1, 0.15) is 0 Å². The molecule has 0 aliphatic heterocycles. The van der Waals surface area contributed by atoms with E-state index in [1.165, 1.54) is 44.9 Å². The summed E-state index contributed by atoms with van der Waals surface area (Å²) in [6.07, 6.45) is 14.8. The first-order chi connectivity index (χ1) is 14.8. The molecule has 0 heterocycles. The fourth-order valence-electron chi connectivity index (χ4n) is 10.5. The van der Waals surface area contributed by atoms with E-state index in [-0.39, 0.29) is 23.5 Å². The fraction of sp³-hybridized carbons (Fsp3) is 0.933. The highest BCUT2D eigenvalue weighted by molar-refractivity contribution is 5.33. The lowest BCUT2D eigenvalue weighted by atomic mass is 9.33. The van der Waals surface area contributed by atoms with Crippen LogP contribution in [0, 0.1) is 50.2 Å². The Morgan fingerprint density at radius 2 is 1.53 bits per heavy atom. The quantitative estimate of drug-likeness (QED) is 0.424. The second kappa shape index (κ2) is 6.87. The summed E-state index contributed by atoms with van der Waals surface area (Å²) >= 11 is 0. The van der Waals surface area contributed by atoms with Crippen molar-refractivity contribution in [1.29, 1.82) is 0 Å². The topological polar surface area (TPSA) is 40.5 Å². The van der Waals surface area contributed by atoms with E-state index in [1.807, 2.05) is 5.57 Å². The lowest BCUT2D eigenvalue weighted by Gasteiger charge is -2.71. The van der Waals surface area contributed by atoms with Crippen LogP contribution in [0.4, 0.5) is 0 Å². The normalized spacial score (nSPS) is 56.8. The Hall–Kier alpha value is -0.340. The molecule has 2 nitrogen and oxygen atoms in total. The predicted molar refractivity (Wildman–Crippen MR) is 132 cm³/mol. The van der Waals surface area contributed by atoms with E-state index in [1.54, 1.807) is 0 Å². The standard InChI is InChI=1S/C30H50O2/c1-25(2)14-15-26(3)16-17-29(6)20(21(26)18-25)8-9-23-27(4)12-11-24(32)28(5,19-31)22(27)10-13-30(23,29)7/h8,21-24,31-32H,9-19H2,1-7H3/t21-,22+,23?,24-,26+,27-,28+,29+,30+/m0/s1. The van der Waals surface area contributed by atoms with Crippen LogP contribution in [0.2, 0.25) is 0 Å². The molecule has 5 rings (SSSR count). The highest BCUT2D eigenvalue weighted by Gasteiger charge is 2.68. The van der Waals surface area contributed by atoms with E-state index in [0.29, 0.717) is 33.5 Å². The van der Waals surface area contributed by atoms with Crippen LogP contribution >= 0.6 is 0 Å². The van der Waals surface area contributed by atoms with Crippen molar-refractivity contribution in [2.75, 3.05) is 6.61 Å². The Kier molecular flexibility index (Phi) is 5.02. The monoisotopic (exact) mass is 442 g/mol. The minimum Gasteiger partial charge on any atom is -0.396 e. The van der Waals surface area contributed by atoms with Gasteiger partial charge >= 0.3 is 0 Å². The van der Waals surface area contributed by atoms with Crippen molar-refractivity contribution >= 4 is 0 Å². The molecule has 0 aromatic heterocycles. The molecule has 32 heavy (non-hydrogen) atoms. The molecule has 9 atom stereocenters. The molecule has 2 N–H and O–H groups in total. The third kappa shape index (κ3) is 2.78. The van der Waals surface area contributed by atoms with Gasteiger partial charge in [-0.05, 0) is 109 Å². The van der Waals surface area contributed by atoms with Crippen molar-refractivity contribution < 1.29 is 10.2 Å². The van der Waals surface area contributed by atoms with Crippen LogP contribution in [0.25, 0.3) is 0 Å². The van der Waals surface area contributed by atoms with Crippen LogP contribution in [0.1, 0.15) is 113 Å². The third-order valence-corrected chi connectivity index (χ3v) is 13.2. The number of hydrogen-bond donors (Lipinski definition) is 2. The van der Waals surface area contributed by atoms with E-state index in [2.05, 4.69) is 54.5 Å². The van der Waals surface area contributed by atoms with Gasteiger partial charge in [0, 0.05) is 5.41 Å². The first-order valence-corrected chi connectivity index (χ1v) is 13.8. The molecule has 0 aromatic carbocycles. The van der Waals surface area contributed by atoms with Crippen LogP contribution in [0.5, 0.6) is 0 Å². The predicted octanol–water partition coefficient (Wildman–Crippen LogP) is 7.14. The van der Waals surface area contributed by atoms with Crippen molar-refractivity contribution in [3.63, 3.8) is 0 Å². The summed E-state index contributed by atoms with van der Waals surface area (Å²) in [5, 5.41) is 21.3. The molecule has 2 heteroatoms. The number of rotatable bonds is 1. The van der Waals surface area contributed by atoms with Gasteiger partial charge in [0.15, 0.2) is 0 Å². The zero-order valence-corrected chi connectivity index (χ0v) is 22.1. The van der Waals surface area contributed by atoms with Crippen LogP contribution in [0.3, 0.4) is 0 Å². The summed E-state index contributed by atoms with van der Waals surface area (Å²) in [4.78, 5) is 0. The number of hydrogen-bond acceptors (Lipinski definition) is 2. The van der Waals surface area contributed by atoms with Gasteiger partial charge in [0.25, 0.3) is 0 Å². The van der Waals surface area contributed by atoms with Crippen LogP contribution < -0.4 is 0 Å². The van der Waals surface area contributed by atoms with E-state index < -0.39 is 0 Å². The molecule has 5 aliphatic rings. The number of aliphatic hydroxyl groups excluding tert-OH is 2. The number of aliphatic hydroxyl groups is 2. The summed E-state index contributed by atoms with van der Waals surface area (Å²) < 4.78 is 0. The minimum atomic E-state index is -0.361. The highest BCUT2D eigenvalue weighted by Crippen LogP contribution is 2.75. The summed E-state index contributed by atoms with van der Waals surface area (Å²) in [5.74, 6) is 1.83. The molecule has 0 bridgehead atoms. The molecule has 5 aliphatic carbocycles. The van der Waals surface area contributed by atoms with Crippen LogP contribution in [-0.2, 0) is 0 Å². The Morgan fingerprint density at radius 1 is 0.844 bits per heavy atom. The van der Waals surface area contributed by atoms with Crippen molar-refractivity contribution in [3.8, 4) is 0 Å². The van der Waals surface area contributed by atoms with Crippen LogP contribution in [-0.4, -0.2) is 22.9 Å². The Morgan fingerprint density at radius 3 is 2.22 bits per heavy atom. The molecule has 0 saturated heterocycles. The summed E-state index contributed by atoms with van der Waals surface area (Å²) in [6.45, 7) is 17.7. The second-order valence-electron chi connectivity index (χ2n) is 15.1. The maximum atomic E-state index is 10.9. The molecular weight excluding hydrogens is 392 g/mol. The van der Waals surface area contributed by atoms with Gasteiger partial charge in [-0.3, -0.25) is 0 Å². The average Bonchev–Trinajstić information content (AvgIpc) is 2.73. The largest absolute Gasteiger partial charge is 0.396 e. The van der Waals surface area contributed by atoms with Crippen molar-refractivity contribution in [2.24, 2.45) is 50.2 Å². The average molecular weight is 443 g/mol. The minimum absolute atomic E-state index is 0.117. The van der Waals surface area contributed by atoms with Gasteiger partial charge in [-0.2, -0.15) is 0 Å². The molecule has 0 radical (unpaired) electrons. The maximum Gasteiger partial charge on any atom is 0.0618 e. The van der Waals surface area contributed by atoms with Gasteiger partial charge in [0.2, 0.25) is 0 Å². The highest BCUT2D eigenvalue weighted by atomic mass is 16.3. The number of fused-ring (bicyclic) bond motifs is 7. The molecule has 0 spiro atoms. The zero-order valence-electron chi connectivity index (χ0n) is 22.1. The third-order valence-electron chi connectivity index (χ3n) is 13.2. The molecule has 4 fully saturated rings. The van der Waals surface area contributed by atoms with E-state index in [9.17, 15) is 10.2 Å². The lowest BCUT2D eigenvalue weighted by molar-refractivity contribution is -0.215. The lowest BCUT2D eigenvalue weighted by Crippen LogP contribution is -2.65. The summed E-state index contributed by atoms with van der Waals surface area (Å²) in [7, 11) is 0. The molecule has 182 valence electrons. The fourth-order valence-corrected chi connectivity index (χ4v) is 10.5. The van der Waals surface area contributed by atoms with E-state index in [0.717, 1.165) is 25.2 Å². The first kappa shape index (κ1) is 23.4. The van der Waals surface area contributed by atoms with Crippen molar-refractivity contribution in [3.05, 3.63) is 11.6 Å². The van der Waals surface area contributed by atoms with Gasteiger partial charge in [-0.1, -0.05) is 60.1 Å². The summed E-state index contributed by atoms with van der Waals surface area (Å²) in [5.41, 5.74) is 3.28. The van der Waals surface area contributed by atoms with E-state index >= 15 is 0 Å². The Bertz CT molecular complexity index is 814. The summed E-state index contributed by atoms with van der Waals surface area (Å²) in [6, 6.07) is 0. The van der Waals surface area contributed by atoms with Gasteiger partial charge < -0.3 is 10.2 Å².